The van der Waals surface area contributed by atoms with Crippen LogP contribution in [0, 0.1) is 11.8 Å². The number of carbonyl (C=O) groups is 3. The van der Waals surface area contributed by atoms with Crippen LogP contribution in [0.3, 0.4) is 0 Å². The van der Waals surface area contributed by atoms with Crippen LogP contribution in [-0.2, 0) is 28.6 Å². The number of nitrogens with one attached hydrogen (secondary N) is 1. The summed E-state index contributed by atoms with van der Waals surface area (Å²) in [5.74, 6) is -0.303. The van der Waals surface area contributed by atoms with E-state index in [0.29, 0.717) is 19.5 Å². The van der Waals surface area contributed by atoms with Crippen molar-refractivity contribution in [2.75, 3.05) is 59.2 Å². The Kier molecular flexibility index (Phi) is 32.6. The molecule has 0 aliphatic carbocycles. The van der Waals surface area contributed by atoms with Gasteiger partial charge in [-0.15, -0.1) is 0 Å². The molecule has 0 spiro atoms. The standard InChI is InChI=1S/C44H84N2O6/c1-5-9-13-17-19-23-28-40(26-21-15-11-7-3)43(48)51-38-34-46(42(47)30-25-31-45-32-36-50-37-33-45)35-39-52-44(49)41(27-22-16-12-8-4)29-24-20-18-14-10-6-2/h40-41H,5-39H2,1-4H3/p+1. The number of amides is 1. The summed E-state index contributed by atoms with van der Waals surface area (Å²) in [5.41, 5.74) is 0. The maximum absolute atomic E-state index is 13.5. The van der Waals surface area contributed by atoms with Gasteiger partial charge in [0.1, 0.15) is 26.3 Å². The van der Waals surface area contributed by atoms with E-state index in [1.165, 1.54) is 94.8 Å². The van der Waals surface area contributed by atoms with E-state index in [0.717, 1.165) is 103 Å². The van der Waals surface area contributed by atoms with Crippen molar-refractivity contribution in [3.63, 3.8) is 0 Å². The van der Waals surface area contributed by atoms with Crippen LogP contribution in [0.25, 0.3) is 0 Å². The van der Waals surface area contributed by atoms with Gasteiger partial charge in [-0.1, -0.05) is 156 Å². The lowest BCUT2D eigenvalue weighted by molar-refractivity contribution is -0.908. The Hall–Kier alpha value is -1.67. The van der Waals surface area contributed by atoms with Gasteiger partial charge < -0.3 is 24.0 Å². The monoisotopic (exact) mass is 738 g/mol. The molecule has 8 nitrogen and oxygen atoms in total. The first kappa shape index (κ1) is 48.3. The fraction of sp³-hybridized carbons (Fsp3) is 0.932. The largest absolute Gasteiger partial charge is 0.464 e. The zero-order valence-electron chi connectivity index (χ0n) is 34.8. The van der Waals surface area contributed by atoms with E-state index in [2.05, 4.69) is 27.7 Å². The first-order valence-corrected chi connectivity index (χ1v) is 22.5. The Morgan fingerprint density at radius 1 is 0.538 bits per heavy atom. The molecule has 0 aromatic heterocycles. The van der Waals surface area contributed by atoms with Gasteiger partial charge in [-0.05, 0) is 25.7 Å². The number of ether oxygens (including phenoxy) is 3. The second kappa shape index (κ2) is 35.1. The molecule has 1 aliphatic rings. The lowest BCUT2D eigenvalue weighted by Gasteiger charge is -2.26. The van der Waals surface area contributed by atoms with Crippen molar-refractivity contribution in [2.45, 2.75) is 195 Å². The maximum Gasteiger partial charge on any atom is 0.308 e. The third-order valence-electron chi connectivity index (χ3n) is 11.0. The molecule has 1 saturated heterocycles. The molecule has 0 aromatic carbocycles. The average Bonchev–Trinajstić information content (AvgIpc) is 3.15. The Morgan fingerprint density at radius 2 is 0.904 bits per heavy atom. The van der Waals surface area contributed by atoms with E-state index in [4.69, 9.17) is 14.2 Å². The molecule has 1 rings (SSSR count). The second-order valence-corrected chi connectivity index (χ2v) is 15.6. The average molecular weight is 738 g/mol. The highest BCUT2D eigenvalue weighted by molar-refractivity contribution is 5.76. The van der Waals surface area contributed by atoms with Gasteiger partial charge in [0.15, 0.2) is 0 Å². The summed E-state index contributed by atoms with van der Waals surface area (Å²) in [6.45, 7) is 14.4. The molecular weight excluding hydrogens is 652 g/mol. The quantitative estimate of drug-likeness (QED) is 0.0510. The van der Waals surface area contributed by atoms with Crippen LogP contribution in [-0.4, -0.2) is 81.9 Å². The van der Waals surface area contributed by atoms with Gasteiger partial charge in [0.25, 0.3) is 0 Å². The highest BCUT2D eigenvalue weighted by Gasteiger charge is 2.23. The highest BCUT2D eigenvalue weighted by atomic mass is 16.5. The summed E-state index contributed by atoms with van der Waals surface area (Å²) < 4.78 is 17.3. The number of unbranched alkanes of at least 4 members (excludes halogenated alkanes) is 16. The molecule has 2 unspecified atom stereocenters. The van der Waals surface area contributed by atoms with Crippen molar-refractivity contribution in [1.29, 1.82) is 0 Å². The molecule has 8 heteroatoms. The predicted octanol–water partition coefficient (Wildman–Crippen LogP) is 9.27. The van der Waals surface area contributed by atoms with E-state index in [-0.39, 0.29) is 42.9 Å². The summed E-state index contributed by atoms with van der Waals surface area (Å²) in [5, 5.41) is 0. The molecule has 0 aromatic rings. The van der Waals surface area contributed by atoms with E-state index in [9.17, 15) is 14.4 Å². The van der Waals surface area contributed by atoms with E-state index in [1.54, 1.807) is 4.90 Å². The molecule has 1 fully saturated rings. The summed E-state index contributed by atoms with van der Waals surface area (Å²) in [4.78, 5) is 43.4. The van der Waals surface area contributed by atoms with Gasteiger partial charge in [-0.25, -0.2) is 0 Å². The van der Waals surface area contributed by atoms with Crippen LogP contribution >= 0.6 is 0 Å². The van der Waals surface area contributed by atoms with Crippen LogP contribution < -0.4 is 4.90 Å². The summed E-state index contributed by atoms with van der Waals surface area (Å²) >= 11 is 0. The second-order valence-electron chi connectivity index (χ2n) is 15.6. The molecule has 1 N–H and O–H groups in total. The van der Waals surface area contributed by atoms with Crippen molar-refractivity contribution in [3.8, 4) is 0 Å². The van der Waals surface area contributed by atoms with E-state index in [1.807, 2.05) is 0 Å². The minimum atomic E-state index is -0.111. The third-order valence-corrected chi connectivity index (χ3v) is 11.0. The molecule has 52 heavy (non-hydrogen) atoms. The van der Waals surface area contributed by atoms with Crippen LogP contribution in [0.4, 0.5) is 0 Å². The van der Waals surface area contributed by atoms with Crippen LogP contribution in [0.15, 0.2) is 0 Å². The number of esters is 2. The number of hydrogen-bond acceptors (Lipinski definition) is 6. The van der Waals surface area contributed by atoms with E-state index < -0.39 is 0 Å². The van der Waals surface area contributed by atoms with Crippen molar-refractivity contribution in [2.24, 2.45) is 11.8 Å². The van der Waals surface area contributed by atoms with Crippen LogP contribution in [0.2, 0.25) is 0 Å². The zero-order chi connectivity index (χ0) is 37.9. The first-order chi connectivity index (χ1) is 25.5. The number of rotatable bonds is 36. The summed E-state index contributed by atoms with van der Waals surface area (Å²) in [6, 6.07) is 0. The molecule has 1 amide bonds. The van der Waals surface area contributed by atoms with Crippen LogP contribution in [0.1, 0.15) is 195 Å². The topological polar surface area (TPSA) is 86.6 Å². The first-order valence-electron chi connectivity index (χ1n) is 22.5. The minimum Gasteiger partial charge on any atom is -0.464 e. The normalized spacial score (nSPS) is 14.6. The Balaban J connectivity index is 2.76. The number of hydrogen-bond donors (Lipinski definition) is 1. The number of carbonyl (C=O) groups excluding carboxylic acids is 3. The van der Waals surface area contributed by atoms with Gasteiger partial charge in [0.2, 0.25) is 5.91 Å². The number of morpholine rings is 1. The fourth-order valence-corrected chi connectivity index (χ4v) is 7.40. The fourth-order valence-electron chi connectivity index (χ4n) is 7.40. The lowest BCUT2D eigenvalue weighted by Crippen LogP contribution is -3.14. The molecule has 0 saturated carbocycles. The van der Waals surface area contributed by atoms with Crippen molar-refractivity contribution in [3.05, 3.63) is 0 Å². The SMILES string of the molecule is CCCCCCCCC(CCCCCC)C(=O)OCCN(CCOC(=O)C(CCCCCC)CCCCCCCC)C(=O)CCC[NH+]1CCOCC1. The summed E-state index contributed by atoms with van der Waals surface area (Å²) in [7, 11) is 0. The number of nitrogens with zero attached hydrogens (tertiary/aromatic N) is 1. The zero-order valence-corrected chi connectivity index (χ0v) is 34.8. The molecule has 0 radical (unpaired) electrons. The maximum atomic E-state index is 13.5. The molecule has 2 atom stereocenters. The molecule has 0 bridgehead atoms. The summed E-state index contributed by atoms with van der Waals surface area (Å²) in [6.07, 6.45) is 28.5. The van der Waals surface area contributed by atoms with Crippen LogP contribution in [0.5, 0.6) is 0 Å². The van der Waals surface area contributed by atoms with Gasteiger partial charge in [-0.2, -0.15) is 0 Å². The van der Waals surface area contributed by atoms with Gasteiger partial charge in [0, 0.05) is 12.8 Å². The van der Waals surface area contributed by atoms with Gasteiger partial charge >= 0.3 is 11.9 Å². The van der Waals surface area contributed by atoms with Crippen molar-refractivity contribution in [1.82, 2.24) is 4.90 Å². The lowest BCUT2D eigenvalue weighted by atomic mass is 9.94. The minimum absolute atomic E-state index is 0.0474. The Morgan fingerprint density at radius 3 is 1.31 bits per heavy atom. The Labute approximate surface area is 321 Å². The third kappa shape index (κ3) is 26.2. The van der Waals surface area contributed by atoms with Crippen molar-refractivity contribution >= 4 is 17.8 Å². The molecular formula is C44H85N2O6+. The molecule has 306 valence electrons. The van der Waals surface area contributed by atoms with Crippen molar-refractivity contribution < 1.29 is 33.5 Å². The van der Waals surface area contributed by atoms with Gasteiger partial charge in [0.05, 0.1) is 44.7 Å². The predicted molar refractivity (Wildman–Crippen MR) is 215 cm³/mol. The van der Waals surface area contributed by atoms with Gasteiger partial charge in [-0.3, -0.25) is 14.4 Å². The smallest absolute Gasteiger partial charge is 0.308 e. The molecule has 1 aliphatic heterocycles. The highest BCUT2D eigenvalue weighted by Crippen LogP contribution is 2.22. The number of quaternary nitrogens is 1. The molecule has 1 heterocycles. The Bertz CT molecular complexity index is 799. The van der Waals surface area contributed by atoms with E-state index >= 15 is 0 Å².